The molecule has 0 spiro atoms. The smallest absolute Gasteiger partial charge is 0.162 e. The molecule has 108 valence electrons. The molecule has 20 heavy (non-hydrogen) atoms. The maximum absolute atomic E-state index is 11.9. The van der Waals surface area contributed by atoms with Gasteiger partial charge in [-0.2, -0.15) is 0 Å². The molecule has 0 N–H and O–H groups in total. The number of benzene rings is 1. The number of rotatable bonds is 4. The minimum atomic E-state index is 0.261. The molecule has 2 fully saturated rings. The van der Waals surface area contributed by atoms with Crippen LogP contribution in [0.5, 0.6) is 0 Å². The van der Waals surface area contributed by atoms with E-state index >= 15 is 0 Å². The van der Waals surface area contributed by atoms with Crippen LogP contribution >= 0.6 is 0 Å². The SMILES string of the molecule is CCC(=O)c1ccc(N2CCN(C)CC2)c(C2CC2)c1. The number of carbonyl (C=O) groups is 1. The topological polar surface area (TPSA) is 23.6 Å². The molecule has 3 heteroatoms. The monoisotopic (exact) mass is 272 g/mol. The molecule has 1 saturated carbocycles. The fourth-order valence-electron chi connectivity index (χ4n) is 2.99. The Bertz CT molecular complexity index is 500. The average molecular weight is 272 g/mol. The summed E-state index contributed by atoms with van der Waals surface area (Å²) in [4.78, 5) is 16.8. The Balaban J connectivity index is 1.88. The lowest BCUT2D eigenvalue weighted by molar-refractivity contribution is 0.0988. The van der Waals surface area contributed by atoms with Gasteiger partial charge in [0.25, 0.3) is 0 Å². The lowest BCUT2D eigenvalue weighted by Crippen LogP contribution is -2.44. The van der Waals surface area contributed by atoms with Gasteiger partial charge in [0.1, 0.15) is 0 Å². The van der Waals surface area contributed by atoms with Crippen LogP contribution in [0.15, 0.2) is 18.2 Å². The van der Waals surface area contributed by atoms with Crippen LogP contribution in [0.1, 0.15) is 48.0 Å². The van der Waals surface area contributed by atoms with Gasteiger partial charge in [-0.1, -0.05) is 6.92 Å². The van der Waals surface area contributed by atoms with E-state index in [-0.39, 0.29) is 5.78 Å². The molecular weight excluding hydrogens is 248 g/mol. The first-order chi connectivity index (χ1) is 9.69. The van der Waals surface area contributed by atoms with E-state index in [0.29, 0.717) is 12.3 Å². The summed E-state index contributed by atoms with van der Waals surface area (Å²) >= 11 is 0. The van der Waals surface area contributed by atoms with Crippen molar-refractivity contribution in [2.45, 2.75) is 32.1 Å². The van der Waals surface area contributed by atoms with E-state index in [9.17, 15) is 4.79 Å². The van der Waals surface area contributed by atoms with Crippen LogP contribution in [-0.2, 0) is 0 Å². The Morgan fingerprint density at radius 2 is 1.90 bits per heavy atom. The minimum Gasteiger partial charge on any atom is -0.369 e. The zero-order valence-corrected chi connectivity index (χ0v) is 12.6. The Hall–Kier alpha value is -1.35. The highest BCUT2D eigenvalue weighted by Crippen LogP contribution is 2.45. The predicted octanol–water partition coefficient (Wildman–Crippen LogP) is 2.91. The van der Waals surface area contributed by atoms with E-state index in [2.05, 4.69) is 29.0 Å². The summed E-state index contributed by atoms with van der Waals surface area (Å²) in [6.07, 6.45) is 3.16. The van der Waals surface area contributed by atoms with Gasteiger partial charge in [0.15, 0.2) is 5.78 Å². The Labute approximate surface area is 121 Å². The third-order valence-electron chi connectivity index (χ3n) is 4.53. The molecule has 3 nitrogen and oxygen atoms in total. The zero-order chi connectivity index (χ0) is 14.1. The molecule has 0 atom stereocenters. The van der Waals surface area contributed by atoms with Crippen LogP contribution in [0.3, 0.4) is 0 Å². The lowest BCUT2D eigenvalue weighted by atomic mass is 10.00. The third-order valence-corrected chi connectivity index (χ3v) is 4.53. The average Bonchev–Trinajstić information content (AvgIpc) is 3.31. The molecular formula is C17H24N2O. The predicted molar refractivity (Wildman–Crippen MR) is 82.7 cm³/mol. The number of anilines is 1. The first-order valence-corrected chi connectivity index (χ1v) is 7.79. The van der Waals surface area contributed by atoms with Crippen molar-refractivity contribution >= 4 is 11.5 Å². The summed E-state index contributed by atoms with van der Waals surface area (Å²) in [5.41, 5.74) is 3.68. The summed E-state index contributed by atoms with van der Waals surface area (Å²) in [7, 11) is 2.18. The van der Waals surface area contributed by atoms with Gasteiger partial charge in [-0.05, 0) is 49.6 Å². The normalized spacial score (nSPS) is 20.2. The van der Waals surface area contributed by atoms with Crippen molar-refractivity contribution in [3.63, 3.8) is 0 Å². The fourth-order valence-corrected chi connectivity index (χ4v) is 2.99. The number of hydrogen-bond donors (Lipinski definition) is 0. The number of hydrogen-bond acceptors (Lipinski definition) is 3. The van der Waals surface area contributed by atoms with Crippen molar-refractivity contribution in [3.8, 4) is 0 Å². The van der Waals surface area contributed by atoms with Crippen LogP contribution in [0.4, 0.5) is 5.69 Å². The minimum absolute atomic E-state index is 0.261. The first-order valence-electron chi connectivity index (χ1n) is 7.79. The molecule has 2 aliphatic rings. The van der Waals surface area contributed by atoms with E-state index in [0.717, 1.165) is 31.7 Å². The van der Waals surface area contributed by atoms with Gasteiger partial charge in [-0.25, -0.2) is 0 Å². The van der Waals surface area contributed by atoms with Gasteiger partial charge in [-0.3, -0.25) is 4.79 Å². The van der Waals surface area contributed by atoms with Crippen LogP contribution in [0.25, 0.3) is 0 Å². The van der Waals surface area contributed by atoms with Crippen LogP contribution < -0.4 is 4.90 Å². The lowest BCUT2D eigenvalue weighted by Gasteiger charge is -2.35. The van der Waals surface area contributed by atoms with E-state index < -0.39 is 0 Å². The van der Waals surface area contributed by atoms with E-state index in [4.69, 9.17) is 0 Å². The second-order valence-electron chi connectivity index (χ2n) is 6.11. The van der Waals surface area contributed by atoms with Crippen LogP contribution in [-0.4, -0.2) is 43.9 Å². The quantitative estimate of drug-likeness (QED) is 0.787. The molecule has 0 radical (unpaired) electrons. The molecule has 1 saturated heterocycles. The van der Waals surface area contributed by atoms with Crippen LogP contribution in [0.2, 0.25) is 0 Å². The van der Waals surface area contributed by atoms with Gasteiger partial charge in [0.2, 0.25) is 0 Å². The van der Waals surface area contributed by atoms with E-state index in [1.165, 1.54) is 24.1 Å². The highest BCUT2D eigenvalue weighted by atomic mass is 16.1. The van der Waals surface area contributed by atoms with Crippen molar-refractivity contribution in [2.24, 2.45) is 0 Å². The summed E-state index contributed by atoms with van der Waals surface area (Å²) in [5, 5.41) is 0. The fraction of sp³-hybridized carbons (Fsp3) is 0.588. The summed E-state index contributed by atoms with van der Waals surface area (Å²) in [5.74, 6) is 0.950. The van der Waals surface area contributed by atoms with Crippen molar-refractivity contribution in [3.05, 3.63) is 29.3 Å². The largest absolute Gasteiger partial charge is 0.369 e. The highest BCUT2D eigenvalue weighted by Gasteiger charge is 2.29. The summed E-state index contributed by atoms with van der Waals surface area (Å²) in [6.45, 7) is 6.38. The van der Waals surface area contributed by atoms with Crippen LogP contribution in [0, 0.1) is 0 Å². The summed E-state index contributed by atoms with van der Waals surface area (Å²) < 4.78 is 0. The second-order valence-corrected chi connectivity index (χ2v) is 6.11. The van der Waals surface area contributed by atoms with Crippen molar-refractivity contribution in [2.75, 3.05) is 38.1 Å². The Morgan fingerprint density at radius 1 is 1.20 bits per heavy atom. The third kappa shape index (κ3) is 2.73. The molecule has 1 aliphatic heterocycles. The van der Waals surface area contributed by atoms with Gasteiger partial charge >= 0.3 is 0 Å². The van der Waals surface area contributed by atoms with Crippen molar-refractivity contribution < 1.29 is 4.79 Å². The Morgan fingerprint density at radius 3 is 2.50 bits per heavy atom. The molecule has 1 aliphatic carbocycles. The number of likely N-dealkylation sites (N-methyl/N-ethyl adjacent to an activating group) is 1. The second kappa shape index (κ2) is 5.57. The number of nitrogens with zero attached hydrogens (tertiary/aromatic N) is 2. The number of ketones is 1. The summed E-state index contributed by atoms with van der Waals surface area (Å²) in [6, 6.07) is 6.37. The maximum atomic E-state index is 11.9. The van der Waals surface area contributed by atoms with Crippen molar-refractivity contribution in [1.82, 2.24) is 4.90 Å². The van der Waals surface area contributed by atoms with Gasteiger partial charge in [0.05, 0.1) is 0 Å². The van der Waals surface area contributed by atoms with Gasteiger partial charge < -0.3 is 9.80 Å². The molecule has 1 aromatic rings. The Kier molecular flexibility index (Phi) is 3.79. The number of piperazine rings is 1. The zero-order valence-electron chi connectivity index (χ0n) is 12.6. The molecule has 3 rings (SSSR count). The van der Waals surface area contributed by atoms with E-state index in [1.54, 1.807) is 0 Å². The molecule has 0 aromatic heterocycles. The highest BCUT2D eigenvalue weighted by molar-refractivity contribution is 5.96. The maximum Gasteiger partial charge on any atom is 0.162 e. The van der Waals surface area contributed by atoms with Gasteiger partial charge in [-0.15, -0.1) is 0 Å². The first kappa shape index (κ1) is 13.6. The number of Topliss-reactive ketones (excluding diaryl/α,β-unsaturated/α-hetero) is 1. The molecule has 0 unspecified atom stereocenters. The number of carbonyl (C=O) groups excluding carboxylic acids is 1. The standard InChI is InChI=1S/C17H24N2O/c1-3-17(20)14-6-7-16(15(12-14)13-4-5-13)19-10-8-18(2)9-11-19/h6-7,12-13H,3-5,8-11H2,1-2H3. The van der Waals surface area contributed by atoms with Gasteiger partial charge in [0, 0.05) is 43.9 Å². The van der Waals surface area contributed by atoms with E-state index in [1.807, 2.05) is 13.0 Å². The van der Waals surface area contributed by atoms with Crippen molar-refractivity contribution in [1.29, 1.82) is 0 Å². The molecule has 1 heterocycles. The molecule has 0 bridgehead atoms. The molecule has 0 amide bonds. The molecule has 1 aromatic carbocycles.